The highest BCUT2D eigenvalue weighted by Crippen LogP contribution is 2.47. The van der Waals surface area contributed by atoms with E-state index in [0.29, 0.717) is 0 Å². The normalized spacial score (nSPS) is 11.2. The molecule has 80 heavy (non-hydrogen) atoms. The number of fused-ring (bicyclic) bond motifs is 3. The SMILES string of the molecule is Cc1ccc(N(c2ccc(C)cc2)c2cc(-c3cccc4c3oc3c(-c5ccc(N(c6ccc(-c7ccccc7)cc6)c6ccc(-c7ccccc7)cc6)cc5)cccc34)cc(N(c3ccc(C)cc3)c3ccc(C)cc3)c2)cc1. The summed E-state index contributed by atoms with van der Waals surface area (Å²) in [6, 6.07) is 103. The van der Waals surface area contributed by atoms with Crippen molar-refractivity contribution in [2.45, 2.75) is 27.7 Å². The highest BCUT2D eigenvalue weighted by molar-refractivity contribution is 6.13. The summed E-state index contributed by atoms with van der Waals surface area (Å²) in [4.78, 5) is 7.08. The van der Waals surface area contributed by atoms with E-state index in [1.54, 1.807) is 0 Å². The summed E-state index contributed by atoms with van der Waals surface area (Å²) in [7, 11) is 0. The molecule has 0 aliphatic heterocycles. The summed E-state index contributed by atoms with van der Waals surface area (Å²) in [5.74, 6) is 0. The van der Waals surface area contributed by atoms with Gasteiger partial charge in [-0.15, -0.1) is 0 Å². The van der Waals surface area contributed by atoms with E-state index in [1.807, 2.05) is 0 Å². The first-order valence-corrected chi connectivity index (χ1v) is 27.5. The zero-order valence-electron chi connectivity index (χ0n) is 45.4. The van der Waals surface area contributed by atoms with Crippen molar-refractivity contribution in [3.05, 3.63) is 307 Å². The van der Waals surface area contributed by atoms with Gasteiger partial charge in [0.2, 0.25) is 0 Å². The fraction of sp³-hybridized carbons (Fsp3) is 0.0526. The number of furan rings is 1. The van der Waals surface area contributed by atoms with Crippen LogP contribution in [-0.4, -0.2) is 0 Å². The lowest BCUT2D eigenvalue weighted by atomic mass is 9.98. The first kappa shape index (κ1) is 49.4. The molecule has 384 valence electrons. The molecule has 1 heterocycles. The Morgan fingerprint density at radius 2 is 0.487 bits per heavy atom. The van der Waals surface area contributed by atoms with Gasteiger partial charge in [-0.1, -0.05) is 204 Å². The Balaban J connectivity index is 0.940. The Labute approximate surface area is 469 Å². The molecule has 13 aromatic rings. The Bertz CT molecular complexity index is 3980. The fourth-order valence-corrected chi connectivity index (χ4v) is 11.1. The second-order valence-electron chi connectivity index (χ2n) is 20.9. The highest BCUT2D eigenvalue weighted by Gasteiger charge is 2.23. The van der Waals surface area contributed by atoms with E-state index in [-0.39, 0.29) is 0 Å². The maximum atomic E-state index is 7.29. The lowest BCUT2D eigenvalue weighted by Gasteiger charge is -2.30. The summed E-state index contributed by atoms with van der Waals surface area (Å²) >= 11 is 0. The van der Waals surface area contributed by atoms with E-state index in [0.717, 1.165) is 95.4 Å². The van der Waals surface area contributed by atoms with Gasteiger partial charge in [-0.3, -0.25) is 0 Å². The van der Waals surface area contributed by atoms with Gasteiger partial charge in [-0.25, -0.2) is 0 Å². The third-order valence-electron chi connectivity index (χ3n) is 15.3. The van der Waals surface area contributed by atoms with Gasteiger partial charge < -0.3 is 19.1 Å². The average molecular weight is 1030 g/mol. The van der Waals surface area contributed by atoms with Crippen LogP contribution in [-0.2, 0) is 0 Å². The van der Waals surface area contributed by atoms with Gasteiger partial charge in [-0.2, -0.15) is 0 Å². The van der Waals surface area contributed by atoms with Crippen molar-refractivity contribution < 1.29 is 4.42 Å². The Kier molecular flexibility index (Phi) is 13.2. The number of para-hydroxylation sites is 2. The fourth-order valence-electron chi connectivity index (χ4n) is 11.1. The Hall–Kier alpha value is -10.2. The van der Waals surface area contributed by atoms with Crippen molar-refractivity contribution in [1.29, 1.82) is 0 Å². The van der Waals surface area contributed by atoms with Crippen LogP contribution in [0.3, 0.4) is 0 Å². The van der Waals surface area contributed by atoms with Crippen LogP contribution < -0.4 is 14.7 Å². The zero-order chi connectivity index (χ0) is 54.1. The largest absolute Gasteiger partial charge is 0.455 e. The van der Waals surface area contributed by atoms with Crippen LogP contribution in [0.1, 0.15) is 22.3 Å². The zero-order valence-corrected chi connectivity index (χ0v) is 45.4. The first-order valence-electron chi connectivity index (χ1n) is 27.5. The second-order valence-corrected chi connectivity index (χ2v) is 20.9. The van der Waals surface area contributed by atoms with Crippen LogP contribution in [0.15, 0.2) is 290 Å². The van der Waals surface area contributed by atoms with E-state index in [9.17, 15) is 0 Å². The number of hydrogen-bond acceptors (Lipinski definition) is 4. The van der Waals surface area contributed by atoms with Gasteiger partial charge in [-0.05, 0) is 164 Å². The topological polar surface area (TPSA) is 22.9 Å². The minimum atomic E-state index is 0.841. The molecule has 13 rings (SSSR count). The minimum Gasteiger partial charge on any atom is -0.455 e. The molecule has 0 bridgehead atoms. The maximum Gasteiger partial charge on any atom is 0.143 e. The van der Waals surface area contributed by atoms with Crippen LogP contribution >= 0.6 is 0 Å². The first-order chi connectivity index (χ1) is 39.3. The predicted molar refractivity (Wildman–Crippen MR) is 338 cm³/mol. The van der Waals surface area contributed by atoms with Gasteiger partial charge in [0, 0.05) is 73.1 Å². The number of rotatable bonds is 13. The van der Waals surface area contributed by atoms with Crippen molar-refractivity contribution in [1.82, 2.24) is 0 Å². The van der Waals surface area contributed by atoms with Crippen LogP contribution in [0.4, 0.5) is 51.2 Å². The lowest BCUT2D eigenvalue weighted by molar-refractivity contribution is 0.671. The molecule has 0 atom stereocenters. The standard InChI is InChI=1S/C76H59N3O/c1-52-21-35-62(36-22-52)78(63-37-23-53(2)24-38-63)69-49-61(50-70(51-69)79(64-39-25-54(3)26-40-64)65-41-27-55(4)28-42-65)72-18-12-20-74-73-19-11-17-71(75(73)80-76(72)74)60-33-47-68(48-34-60)77(66-43-29-58(30-44-66)56-13-7-5-8-14-56)67-45-31-59(32-46-67)57-15-9-6-10-16-57/h5-51H,1-4H3. The van der Waals surface area contributed by atoms with Crippen molar-refractivity contribution in [2.75, 3.05) is 14.7 Å². The number of hydrogen-bond donors (Lipinski definition) is 0. The van der Waals surface area contributed by atoms with Crippen LogP contribution in [0, 0.1) is 27.7 Å². The van der Waals surface area contributed by atoms with E-state index in [4.69, 9.17) is 4.42 Å². The van der Waals surface area contributed by atoms with Gasteiger partial charge >= 0.3 is 0 Å². The summed E-state index contributed by atoms with van der Waals surface area (Å²) in [6.07, 6.45) is 0. The van der Waals surface area contributed by atoms with Crippen molar-refractivity contribution in [2.24, 2.45) is 0 Å². The molecule has 0 saturated heterocycles. The van der Waals surface area contributed by atoms with E-state index in [2.05, 4.69) is 328 Å². The van der Waals surface area contributed by atoms with Crippen LogP contribution in [0.2, 0.25) is 0 Å². The predicted octanol–water partition coefficient (Wildman–Crippen LogP) is 21.9. The summed E-state index contributed by atoms with van der Waals surface area (Å²) in [5.41, 5.74) is 25.0. The third kappa shape index (κ3) is 9.80. The number of aryl methyl sites for hydroxylation is 4. The molecule has 0 amide bonds. The number of anilines is 9. The average Bonchev–Trinajstić information content (AvgIpc) is 4.10. The van der Waals surface area contributed by atoms with E-state index in [1.165, 1.54) is 44.5 Å². The molecule has 0 aliphatic carbocycles. The molecule has 0 saturated carbocycles. The molecule has 0 fully saturated rings. The molecule has 4 heteroatoms. The second kappa shape index (κ2) is 21.3. The molecule has 0 spiro atoms. The molecule has 0 N–H and O–H groups in total. The third-order valence-corrected chi connectivity index (χ3v) is 15.3. The van der Waals surface area contributed by atoms with Crippen molar-refractivity contribution in [3.63, 3.8) is 0 Å². The smallest absolute Gasteiger partial charge is 0.143 e. The lowest BCUT2D eigenvalue weighted by Crippen LogP contribution is -2.13. The molecule has 0 unspecified atom stereocenters. The number of nitrogens with zero attached hydrogens (tertiary/aromatic N) is 3. The molecule has 12 aromatic carbocycles. The molecular weight excluding hydrogens is 971 g/mol. The van der Waals surface area contributed by atoms with E-state index < -0.39 is 0 Å². The molecule has 1 aromatic heterocycles. The quantitative estimate of drug-likeness (QED) is 0.115. The summed E-state index contributed by atoms with van der Waals surface area (Å²) in [5, 5.41) is 2.13. The van der Waals surface area contributed by atoms with Crippen molar-refractivity contribution in [3.8, 4) is 44.5 Å². The molecular formula is C76H59N3O. The number of benzene rings is 12. The minimum absolute atomic E-state index is 0.841. The maximum absolute atomic E-state index is 7.29. The van der Waals surface area contributed by atoms with Gasteiger partial charge in [0.15, 0.2) is 0 Å². The molecule has 4 nitrogen and oxygen atoms in total. The molecule has 0 aliphatic rings. The Morgan fingerprint density at radius 3 is 0.825 bits per heavy atom. The Morgan fingerprint density at radius 1 is 0.212 bits per heavy atom. The summed E-state index contributed by atoms with van der Waals surface area (Å²) < 4.78 is 7.29. The highest BCUT2D eigenvalue weighted by atomic mass is 16.3. The molecule has 0 radical (unpaired) electrons. The van der Waals surface area contributed by atoms with Gasteiger partial charge in [0.05, 0.1) is 0 Å². The van der Waals surface area contributed by atoms with Gasteiger partial charge in [0.25, 0.3) is 0 Å². The van der Waals surface area contributed by atoms with E-state index >= 15 is 0 Å². The summed E-state index contributed by atoms with van der Waals surface area (Å²) in [6.45, 7) is 8.56. The van der Waals surface area contributed by atoms with Crippen LogP contribution in [0.25, 0.3) is 66.4 Å². The van der Waals surface area contributed by atoms with Crippen LogP contribution in [0.5, 0.6) is 0 Å². The van der Waals surface area contributed by atoms with Crippen molar-refractivity contribution >= 4 is 73.1 Å². The monoisotopic (exact) mass is 1030 g/mol. The van der Waals surface area contributed by atoms with Gasteiger partial charge in [0.1, 0.15) is 11.2 Å².